The Labute approximate surface area is 194 Å². The molecule has 174 valence electrons. The third-order valence-corrected chi connectivity index (χ3v) is 6.50. The second kappa shape index (κ2) is 7.65. The molecule has 34 heavy (non-hydrogen) atoms. The number of methoxy groups -OCH3 is 3. The zero-order valence-corrected chi connectivity index (χ0v) is 19.4. The fourth-order valence-corrected chi connectivity index (χ4v) is 4.86. The van der Waals surface area contributed by atoms with Gasteiger partial charge in [-0.15, -0.1) is 0 Å². The molecule has 9 nitrogen and oxygen atoms in total. The number of nitrogens with zero attached hydrogens (tertiary/aromatic N) is 2. The van der Waals surface area contributed by atoms with Gasteiger partial charge in [-0.2, -0.15) is 0 Å². The maximum atomic E-state index is 13.6. The highest BCUT2D eigenvalue weighted by Crippen LogP contribution is 2.50. The molecule has 0 fully saturated rings. The average molecular weight is 461 g/mol. The van der Waals surface area contributed by atoms with Crippen molar-refractivity contribution in [1.82, 2.24) is 9.13 Å². The lowest BCUT2D eigenvalue weighted by Gasteiger charge is -2.30. The summed E-state index contributed by atoms with van der Waals surface area (Å²) in [5.41, 5.74) is 2.20. The van der Waals surface area contributed by atoms with Gasteiger partial charge in [0.05, 0.1) is 32.6 Å². The van der Waals surface area contributed by atoms with Crippen LogP contribution in [0.4, 0.5) is 5.82 Å². The molecule has 2 aliphatic rings. The summed E-state index contributed by atoms with van der Waals surface area (Å²) < 4.78 is 19.0. The number of carbonyl (C=O) groups is 1. The highest BCUT2D eigenvalue weighted by atomic mass is 16.5. The topological polar surface area (TPSA) is 101 Å². The van der Waals surface area contributed by atoms with Gasteiger partial charge in [-0.1, -0.05) is 24.3 Å². The smallest absolute Gasteiger partial charge is 0.332 e. The fraction of sp³-hybridized carbons (Fsp3) is 0.240. The minimum Gasteiger partial charge on any atom is -0.493 e. The van der Waals surface area contributed by atoms with Crippen LogP contribution in [-0.2, 0) is 14.1 Å². The standard InChI is InChI=1S/C25H23N3O6/c1-27-23-19(24(30)28(2)25(27)31)17(12-10-15(32-3)22(34-5)16(11-12)33-4)18-20(26-23)13-8-6-7-9-14(13)21(18)29/h6-11,17,26H,1-5H3/t17-/m0/s1. The van der Waals surface area contributed by atoms with Crippen molar-refractivity contribution in [2.24, 2.45) is 14.1 Å². The Morgan fingerprint density at radius 3 is 2.06 bits per heavy atom. The second-order valence-electron chi connectivity index (χ2n) is 8.15. The Hall–Kier alpha value is -4.27. The summed E-state index contributed by atoms with van der Waals surface area (Å²) in [4.78, 5) is 39.8. The highest BCUT2D eigenvalue weighted by Gasteiger charge is 2.43. The third-order valence-electron chi connectivity index (χ3n) is 6.50. The molecule has 5 rings (SSSR count). The quantitative estimate of drug-likeness (QED) is 0.636. The van der Waals surface area contributed by atoms with E-state index >= 15 is 0 Å². The molecule has 0 amide bonds. The van der Waals surface area contributed by atoms with Gasteiger partial charge in [-0.25, -0.2) is 4.79 Å². The molecule has 2 aromatic carbocycles. The van der Waals surface area contributed by atoms with Gasteiger partial charge in [0, 0.05) is 36.7 Å². The molecule has 0 unspecified atom stereocenters. The van der Waals surface area contributed by atoms with Gasteiger partial charge in [0.1, 0.15) is 5.82 Å². The predicted molar refractivity (Wildman–Crippen MR) is 126 cm³/mol. The predicted octanol–water partition coefficient (Wildman–Crippen LogP) is 2.27. The Morgan fingerprint density at radius 1 is 0.853 bits per heavy atom. The number of aromatic nitrogens is 2. The van der Waals surface area contributed by atoms with E-state index in [0.29, 0.717) is 51.0 Å². The van der Waals surface area contributed by atoms with Crippen LogP contribution in [0.25, 0.3) is 5.70 Å². The monoisotopic (exact) mass is 461 g/mol. The molecule has 3 aromatic rings. The minimum atomic E-state index is -0.773. The van der Waals surface area contributed by atoms with E-state index in [0.717, 1.165) is 10.1 Å². The average Bonchev–Trinajstić information content (AvgIpc) is 3.15. The number of carbonyl (C=O) groups excluding carboxylic acids is 1. The van der Waals surface area contributed by atoms with Crippen molar-refractivity contribution < 1.29 is 19.0 Å². The summed E-state index contributed by atoms with van der Waals surface area (Å²) in [6.07, 6.45) is 0. The Balaban J connectivity index is 1.89. The molecule has 9 heteroatoms. The number of ketones is 1. The fourth-order valence-electron chi connectivity index (χ4n) is 4.86. The second-order valence-corrected chi connectivity index (χ2v) is 8.15. The number of nitrogens with one attached hydrogen (secondary N) is 1. The molecular weight excluding hydrogens is 438 g/mol. The van der Waals surface area contributed by atoms with Crippen LogP contribution in [0.15, 0.2) is 51.6 Å². The number of hydrogen-bond acceptors (Lipinski definition) is 7. The summed E-state index contributed by atoms with van der Waals surface area (Å²) in [6.45, 7) is 0. The van der Waals surface area contributed by atoms with Gasteiger partial charge < -0.3 is 19.5 Å². The first-order chi connectivity index (χ1) is 16.3. The van der Waals surface area contributed by atoms with Crippen molar-refractivity contribution >= 4 is 17.3 Å². The first-order valence-electron chi connectivity index (χ1n) is 10.6. The lowest BCUT2D eigenvalue weighted by Crippen LogP contribution is -2.42. The van der Waals surface area contributed by atoms with Crippen molar-refractivity contribution in [2.45, 2.75) is 5.92 Å². The number of ether oxygens (including phenoxy) is 3. The van der Waals surface area contributed by atoms with Crippen LogP contribution in [0.5, 0.6) is 17.2 Å². The zero-order valence-electron chi connectivity index (χ0n) is 19.4. The molecule has 0 saturated heterocycles. The van der Waals surface area contributed by atoms with Crippen LogP contribution in [0.1, 0.15) is 33.0 Å². The van der Waals surface area contributed by atoms with Gasteiger partial charge in [0.15, 0.2) is 17.3 Å². The molecule has 0 spiro atoms. The van der Waals surface area contributed by atoms with Gasteiger partial charge in [-0.05, 0) is 17.7 Å². The SMILES string of the molecule is COc1cc([C@H]2C3=C(Nc4c2c(=O)n(C)c(=O)n4C)c2ccccc2C3=O)cc(OC)c1OC. The Morgan fingerprint density at radius 2 is 1.47 bits per heavy atom. The number of hydrogen-bond donors (Lipinski definition) is 1. The molecule has 1 aliphatic heterocycles. The van der Waals surface area contributed by atoms with E-state index in [4.69, 9.17) is 14.2 Å². The lowest BCUT2D eigenvalue weighted by atomic mass is 9.81. The number of Topliss-reactive ketones (excluding diaryl/α,β-unsaturated/α-hetero) is 1. The first kappa shape index (κ1) is 21.6. The summed E-state index contributed by atoms with van der Waals surface area (Å²) in [7, 11) is 7.52. The summed E-state index contributed by atoms with van der Waals surface area (Å²) in [5.74, 6) is 0.567. The van der Waals surface area contributed by atoms with E-state index in [1.807, 2.05) is 12.1 Å². The number of benzene rings is 2. The zero-order chi connectivity index (χ0) is 24.3. The molecule has 1 aromatic heterocycles. The lowest BCUT2D eigenvalue weighted by molar-refractivity contribution is 0.103. The summed E-state index contributed by atoms with van der Waals surface area (Å²) in [5, 5.41) is 3.22. The van der Waals surface area contributed by atoms with Crippen LogP contribution in [-0.4, -0.2) is 36.2 Å². The van der Waals surface area contributed by atoms with Gasteiger partial charge in [-0.3, -0.25) is 18.7 Å². The van der Waals surface area contributed by atoms with Crippen molar-refractivity contribution in [1.29, 1.82) is 0 Å². The summed E-state index contributed by atoms with van der Waals surface area (Å²) >= 11 is 0. The first-order valence-corrected chi connectivity index (χ1v) is 10.6. The van der Waals surface area contributed by atoms with E-state index in [9.17, 15) is 14.4 Å². The number of fused-ring (bicyclic) bond motifs is 3. The minimum absolute atomic E-state index is 0.182. The van der Waals surface area contributed by atoms with E-state index in [1.165, 1.54) is 32.9 Å². The maximum Gasteiger partial charge on any atom is 0.332 e. The largest absolute Gasteiger partial charge is 0.493 e. The van der Waals surface area contributed by atoms with Crippen LogP contribution in [0.3, 0.4) is 0 Å². The summed E-state index contributed by atoms with van der Waals surface area (Å²) in [6, 6.07) is 10.7. The van der Waals surface area contributed by atoms with Crippen molar-refractivity contribution in [2.75, 3.05) is 26.6 Å². The molecule has 0 bridgehead atoms. The van der Waals surface area contributed by atoms with E-state index in [2.05, 4.69) is 5.32 Å². The third kappa shape index (κ3) is 2.76. The molecular formula is C25H23N3O6. The maximum absolute atomic E-state index is 13.6. The molecule has 2 heterocycles. The van der Waals surface area contributed by atoms with Crippen LogP contribution in [0, 0.1) is 0 Å². The molecule has 1 N–H and O–H groups in total. The molecule has 0 saturated carbocycles. The van der Waals surface area contributed by atoms with Gasteiger partial charge in [0.25, 0.3) is 5.56 Å². The molecule has 1 aliphatic carbocycles. The number of rotatable bonds is 4. The number of anilines is 1. The van der Waals surface area contributed by atoms with Crippen molar-refractivity contribution in [3.63, 3.8) is 0 Å². The van der Waals surface area contributed by atoms with Gasteiger partial charge in [0.2, 0.25) is 5.75 Å². The van der Waals surface area contributed by atoms with Crippen molar-refractivity contribution in [3.05, 3.63) is 85.1 Å². The van der Waals surface area contributed by atoms with Crippen LogP contribution < -0.4 is 30.8 Å². The normalized spacial score (nSPS) is 15.9. The van der Waals surface area contributed by atoms with E-state index in [-0.39, 0.29) is 5.78 Å². The molecule has 0 radical (unpaired) electrons. The van der Waals surface area contributed by atoms with Gasteiger partial charge >= 0.3 is 5.69 Å². The van der Waals surface area contributed by atoms with E-state index < -0.39 is 17.2 Å². The Bertz CT molecular complexity index is 1500. The van der Waals surface area contributed by atoms with Crippen molar-refractivity contribution in [3.8, 4) is 17.2 Å². The number of allylic oxidation sites excluding steroid dienone is 1. The highest BCUT2D eigenvalue weighted by molar-refractivity contribution is 6.23. The Kier molecular flexibility index (Phi) is 4.85. The molecule has 1 atom stereocenters. The van der Waals surface area contributed by atoms with Crippen LogP contribution >= 0.6 is 0 Å². The van der Waals surface area contributed by atoms with Crippen LogP contribution in [0.2, 0.25) is 0 Å². The van der Waals surface area contributed by atoms with E-state index in [1.54, 1.807) is 31.3 Å².